The summed E-state index contributed by atoms with van der Waals surface area (Å²) in [6, 6.07) is 8.90. The molecule has 0 fully saturated rings. The van der Waals surface area contributed by atoms with Gasteiger partial charge in [-0.15, -0.1) is 0 Å². The van der Waals surface area contributed by atoms with Gasteiger partial charge < -0.3 is 10.1 Å². The van der Waals surface area contributed by atoms with Crippen molar-refractivity contribution in [3.63, 3.8) is 0 Å². The van der Waals surface area contributed by atoms with Crippen LogP contribution in [0.1, 0.15) is 33.3 Å². The second kappa shape index (κ2) is 6.54. The highest BCUT2D eigenvalue weighted by molar-refractivity contribution is 5.28. The van der Waals surface area contributed by atoms with Gasteiger partial charge in [-0.2, -0.15) is 0 Å². The third kappa shape index (κ3) is 5.17. The van der Waals surface area contributed by atoms with E-state index in [2.05, 4.69) is 37.4 Å². The van der Waals surface area contributed by atoms with Gasteiger partial charge in [0, 0.05) is 6.04 Å². The van der Waals surface area contributed by atoms with Crippen LogP contribution in [0.15, 0.2) is 24.3 Å². The molecule has 0 atom stereocenters. The van der Waals surface area contributed by atoms with Gasteiger partial charge in [0.15, 0.2) is 0 Å². The first-order valence-corrected chi connectivity index (χ1v) is 6.07. The fourth-order valence-electron chi connectivity index (χ4n) is 1.55. The summed E-state index contributed by atoms with van der Waals surface area (Å²) < 4.78 is 5.66. The fourth-order valence-corrected chi connectivity index (χ4v) is 1.55. The lowest BCUT2D eigenvalue weighted by Crippen LogP contribution is -2.24. The Labute approximate surface area is 99.0 Å². The molecule has 1 rings (SSSR count). The average Bonchev–Trinajstić information content (AvgIpc) is 2.16. The molecule has 0 saturated heterocycles. The molecule has 0 aliphatic heterocycles. The second-order valence-electron chi connectivity index (χ2n) is 4.67. The zero-order chi connectivity index (χ0) is 12.0. The Kier molecular flexibility index (Phi) is 5.33. The minimum atomic E-state index is 0.240. The van der Waals surface area contributed by atoms with Crippen LogP contribution in [-0.2, 0) is 6.42 Å². The molecule has 0 bridgehead atoms. The number of rotatable bonds is 6. The second-order valence-corrected chi connectivity index (χ2v) is 4.67. The van der Waals surface area contributed by atoms with E-state index < -0.39 is 0 Å². The highest BCUT2D eigenvalue weighted by Crippen LogP contribution is 2.15. The monoisotopic (exact) mass is 221 g/mol. The van der Waals surface area contributed by atoms with Crippen LogP contribution in [0.5, 0.6) is 5.75 Å². The van der Waals surface area contributed by atoms with E-state index in [0.29, 0.717) is 6.04 Å². The first-order chi connectivity index (χ1) is 7.58. The van der Waals surface area contributed by atoms with Crippen molar-refractivity contribution in [2.75, 3.05) is 6.54 Å². The van der Waals surface area contributed by atoms with E-state index in [1.54, 1.807) is 0 Å². The predicted molar refractivity (Wildman–Crippen MR) is 69.0 cm³/mol. The van der Waals surface area contributed by atoms with Crippen molar-refractivity contribution < 1.29 is 4.74 Å². The quantitative estimate of drug-likeness (QED) is 0.797. The van der Waals surface area contributed by atoms with Crippen LogP contribution in [-0.4, -0.2) is 18.7 Å². The molecule has 0 aliphatic rings. The molecule has 16 heavy (non-hydrogen) atoms. The molecule has 0 radical (unpaired) electrons. The van der Waals surface area contributed by atoms with Crippen LogP contribution >= 0.6 is 0 Å². The maximum absolute atomic E-state index is 5.66. The number of benzene rings is 1. The number of nitrogens with one attached hydrogen (secondary N) is 1. The van der Waals surface area contributed by atoms with Gasteiger partial charge in [-0.25, -0.2) is 0 Å². The van der Waals surface area contributed by atoms with Crippen LogP contribution in [0.2, 0.25) is 0 Å². The summed E-state index contributed by atoms with van der Waals surface area (Å²) in [5.74, 6) is 0.969. The van der Waals surface area contributed by atoms with E-state index in [1.807, 2.05) is 19.9 Å². The Bertz CT molecular complexity index is 307. The smallest absolute Gasteiger partial charge is 0.119 e. The van der Waals surface area contributed by atoms with Crippen molar-refractivity contribution in [3.05, 3.63) is 29.8 Å². The van der Waals surface area contributed by atoms with E-state index in [9.17, 15) is 0 Å². The van der Waals surface area contributed by atoms with Crippen molar-refractivity contribution in [1.82, 2.24) is 5.32 Å². The summed E-state index contributed by atoms with van der Waals surface area (Å²) in [6.07, 6.45) is 1.29. The average molecular weight is 221 g/mol. The van der Waals surface area contributed by atoms with Gasteiger partial charge in [0.1, 0.15) is 5.75 Å². The van der Waals surface area contributed by atoms with Gasteiger partial charge in [0.2, 0.25) is 0 Å². The standard InChI is InChI=1S/C14H23NO/c1-11(2)15-9-8-13-6-5-7-14(10-13)16-12(3)4/h5-7,10-12,15H,8-9H2,1-4H3. The lowest BCUT2D eigenvalue weighted by molar-refractivity contribution is 0.242. The minimum Gasteiger partial charge on any atom is -0.491 e. The van der Waals surface area contributed by atoms with Crippen LogP contribution in [0.25, 0.3) is 0 Å². The van der Waals surface area contributed by atoms with E-state index in [-0.39, 0.29) is 6.10 Å². The lowest BCUT2D eigenvalue weighted by Gasteiger charge is -2.11. The van der Waals surface area contributed by atoms with Crippen molar-refractivity contribution >= 4 is 0 Å². The summed E-state index contributed by atoms with van der Waals surface area (Å²) in [4.78, 5) is 0. The number of hydrogen-bond donors (Lipinski definition) is 1. The lowest BCUT2D eigenvalue weighted by atomic mass is 10.1. The number of hydrogen-bond acceptors (Lipinski definition) is 2. The Hall–Kier alpha value is -1.02. The highest BCUT2D eigenvalue weighted by Gasteiger charge is 2.00. The Morgan fingerprint density at radius 2 is 1.94 bits per heavy atom. The van der Waals surface area contributed by atoms with Gasteiger partial charge in [-0.1, -0.05) is 26.0 Å². The molecule has 1 N–H and O–H groups in total. The summed E-state index contributed by atoms with van der Waals surface area (Å²) in [5.41, 5.74) is 1.33. The molecule has 2 heteroatoms. The van der Waals surface area contributed by atoms with Crippen LogP contribution in [0, 0.1) is 0 Å². The Morgan fingerprint density at radius 3 is 2.56 bits per heavy atom. The fraction of sp³-hybridized carbons (Fsp3) is 0.571. The van der Waals surface area contributed by atoms with Gasteiger partial charge in [-0.05, 0) is 44.5 Å². The predicted octanol–water partition coefficient (Wildman–Crippen LogP) is 3.01. The molecule has 2 nitrogen and oxygen atoms in total. The molecule has 1 aromatic carbocycles. The first kappa shape index (κ1) is 13.0. The van der Waals surface area contributed by atoms with Crippen LogP contribution in [0.3, 0.4) is 0 Å². The van der Waals surface area contributed by atoms with Crippen LogP contribution in [0.4, 0.5) is 0 Å². The van der Waals surface area contributed by atoms with Gasteiger partial charge in [0.25, 0.3) is 0 Å². The zero-order valence-electron chi connectivity index (χ0n) is 10.8. The molecule has 0 saturated carbocycles. The van der Waals surface area contributed by atoms with Gasteiger partial charge >= 0.3 is 0 Å². The minimum absolute atomic E-state index is 0.240. The maximum atomic E-state index is 5.66. The molecule has 90 valence electrons. The van der Waals surface area contributed by atoms with E-state index >= 15 is 0 Å². The van der Waals surface area contributed by atoms with E-state index in [4.69, 9.17) is 4.74 Å². The molecular formula is C14H23NO. The van der Waals surface area contributed by atoms with E-state index in [1.165, 1.54) is 5.56 Å². The molecule has 0 spiro atoms. The molecule has 0 aliphatic carbocycles. The van der Waals surface area contributed by atoms with Crippen molar-refractivity contribution in [2.24, 2.45) is 0 Å². The topological polar surface area (TPSA) is 21.3 Å². The summed E-state index contributed by atoms with van der Waals surface area (Å²) in [5, 5.41) is 3.41. The Balaban J connectivity index is 2.47. The third-order valence-corrected chi connectivity index (χ3v) is 2.24. The summed E-state index contributed by atoms with van der Waals surface area (Å²) >= 11 is 0. The van der Waals surface area contributed by atoms with Crippen molar-refractivity contribution in [3.8, 4) is 5.75 Å². The SMILES string of the molecule is CC(C)NCCc1cccc(OC(C)C)c1. The van der Waals surface area contributed by atoms with Gasteiger partial charge in [0.05, 0.1) is 6.10 Å². The maximum Gasteiger partial charge on any atom is 0.119 e. The summed E-state index contributed by atoms with van der Waals surface area (Å²) in [7, 11) is 0. The normalized spacial score (nSPS) is 11.1. The summed E-state index contributed by atoms with van der Waals surface area (Å²) in [6.45, 7) is 9.44. The number of ether oxygens (including phenoxy) is 1. The first-order valence-electron chi connectivity index (χ1n) is 6.07. The highest BCUT2D eigenvalue weighted by atomic mass is 16.5. The molecule has 0 aromatic heterocycles. The van der Waals surface area contributed by atoms with Gasteiger partial charge in [-0.3, -0.25) is 0 Å². The zero-order valence-corrected chi connectivity index (χ0v) is 10.8. The largest absolute Gasteiger partial charge is 0.491 e. The molecule has 1 aromatic rings. The molecule has 0 heterocycles. The van der Waals surface area contributed by atoms with Crippen LogP contribution < -0.4 is 10.1 Å². The Morgan fingerprint density at radius 1 is 1.19 bits per heavy atom. The van der Waals surface area contributed by atoms with E-state index in [0.717, 1.165) is 18.7 Å². The van der Waals surface area contributed by atoms with Crippen molar-refractivity contribution in [2.45, 2.75) is 46.3 Å². The third-order valence-electron chi connectivity index (χ3n) is 2.24. The molecule has 0 amide bonds. The molecule has 0 unspecified atom stereocenters. The van der Waals surface area contributed by atoms with Crippen molar-refractivity contribution in [1.29, 1.82) is 0 Å². The molecular weight excluding hydrogens is 198 g/mol.